The highest BCUT2D eigenvalue weighted by Gasteiger charge is 2.23. The largest absolute Gasteiger partial charge is 0.330 e. The Bertz CT molecular complexity index is 291. The molecule has 0 fully saturated rings. The second-order valence-corrected chi connectivity index (χ2v) is 5.33. The Morgan fingerprint density at radius 3 is 2.71 bits per heavy atom. The molecule has 0 radical (unpaired) electrons. The summed E-state index contributed by atoms with van der Waals surface area (Å²) in [5.74, 6) is 0.563. The highest BCUT2D eigenvalue weighted by molar-refractivity contribution is 7.09. The van der Waals surface area contributed by atoms with E-state index in [0.29, 0.717) is 12.5 Å². The topological polar surface area (TPSA) is 38.9 Å². The number of hydrogen-bond donors (Lipinski definition) is 1. The molecule has 1 aromatic rings. The van der Waals surface area contributed by atoms with E-state index in [1.165, 1.54) is 5.69 Å². The van der Waals surface area contributed by atoms with E-state index in [0.717, 1.165) is 11.4 Å². The molecule has 1 rings (SSSR count). The van der Waals surface area contributed by atoms with E-state index in [1.54, 1.807) is 11.3 Å². The molecule has 0 aromatic carbocycles. The van der Waals surface area contributed by atoms with E-state index in [1.807, 2.05) is 0 Å². The van der Waals surface area contributed by atoms with E-state index in [4.69, 9.17) is 5.73 Å². The summed E-state index contributed by atoms with van der Waals surface area (Å²) in [6, 6.07) is 0. The van der Waals surface area contributed by atoms with E-state index in [-0.39, 0.29) is 5.41 Å². The Labute approximate surface area is 90.6 Å². The summed E-state index contributed by atoms with van der Waals surface area (Å²) < 4.78 is 0. The summed E-state index contributed by atoms with van der Waals surface area (Å²) in [5, 5.41) is 3.33. The van der Waals surface area contributed by atoms with Crippen molar-refractivity contribution in [1.29, 1.82) is 0 Å². The van der Waals surface area contributed by atoms with Gasteiger partial charge in [0, 0.05) is 17.3 Å². The van der Waals surface area contributed by atoms with Crippen LogP contribution in [0.15, 0.2) is 5.38 Å². The van der Waals surface area contributed by atoms with Crippen LogP contribution in [0.2, 0.25) is 0 Å². The maximum atomic E-state index is 5.72. The molecule has 0 saturated heterocycles. The van der Waals surface area contributed by atoms with Gasteiger partial charge in [-0.3, -0.25) is 0 Å². The summed E-state index contributed by atoms with van der Waals surface area (Å²) in [6.07, 6.45) is 1.15. The van der Waals surface area contributed by atoms with Crippen molar-refractivity contribution in [2.75, 3.05) is 6.54 Å². The first-order valence-corrected chi connectivity index (χ1v) is 6.05. The lowest BCUT2D eigenvalue weighted by Gasteiger charge is -2.18. The molecule has 3 heteroatoms. The predicted molar refractivity (Wildman–Crippen MR) is 62.9 cm³/mol. The maximum absolute atomic E-state index is 5.72. The third-order valence-electron chi connectivity index (χ3n) is 2.73. The third-order valence-corrected chi connectivity index (χ3v) is 3.95. The molecule has 0 spiro atoms. The lowest BCUT2D eigenvalue weighted by atomic mass is 9.95. The van der Waals surface area contributed by atoms with Crippen molar-refractivity contribution in [2.24, 2.45) is 5.73 Å². The average Bonchev–Trinajstić information content (AvgIpc) is 2.66. The van der Waals surface area contributed by atoms with Crippen LogP contribution in [0.4, 0.5) is 0 Å². The molecule has 0 bridgehead atoms. The Kier molecular flexibility index (Phi) is 3.67. The van der Waals surface area contributed by atoms with Crippen LogP contribution < -0.4 is 5.73 Å². The molecular formula is C11H20N2S. The zero-order chi connectivity index (χ0) is 10.8. The molecule has 80 valence electrons. The number of hydrogen-bond acceptors (Lipinski definition) is 3. The normalized spacial score (nSPS) is 14.4. The molecule has 1 aromatic heterocycles. The minimum Gasteiger partial charge on any atom is -0.330 e. The van der Waals surface area contributed by atoms with Crippen LogP contribution in [-0.2, 0) is 5.41 Å². The van der Waals surface area contributed by atoms with E-state index in [9.17, 15) is 0 Å². The number of nitrogens with two attached hydrogens (primary N) is 1. The van der Waals surface area contributed by atoms with Crippen LogP contribution in [-0.4, -0.2) is 11.5 Å². The number of rotatable bonds is 4. The van der Waals surface area contributed by atoms with E-state index >= 15 is 0 Å². The van der Waals surface area contributed by atoms with E-state index < -0.39 is 0 Å². The van der Waals surface area contributed by atoms with Gasteiger partial charge in [-0.05, 0) is 12.3 Å². The number of thiazole rings is 1. The first kappa shape index (κ1) is 11.7. The highest BCUT2D eigenvalue weighted by Crippen LogP contribution is 2.28. The Balaban J connectivity index is 2.88. The van der Waals surface area contributed by atoms with Crippen molar-refractivity contribution in [1.82, 2.24) is 4.98 Å². The molecule has 14 heavy (non-hydrogen) atoms. The fraction of sp³-hybridized carbons (Fsp3) is 0.727. The van der Waals surface area contributed by atoms with Crippen LogP contribution >= 0.6 is 11.3 Å². The Morgan fingerprint density at radius 1 is 1.57 bits per heavy atom. The van der Waals surface area contributed by atoms with Gasteiger partial charge < -0.3 is 5.73 Å². The Hall–Kier alpha value is -0.410. The van der Waals surface area contributed by atoms with Crippen molar-refractivity contribution in [3.8, 4) is 0 Å². The molecule has 0 saturated carbocycles. The molecule has 0 aliphatic rings. The fourth-order valence-electron chi connectivity index (χ4n) is 1.12. The zero-order valence-corrected chi connectivity index (χ0v) is 10.3. The van der Waals surface area contributed by atoms with Crippen LogP contribution in [0, 0.1) is 0 Å². The van der Waals surface area contributed by atoms with Gasteiger partial charge in [0.25, 0.3) is 0 Å². The first-order valence-electron chi connectivity index (χ1n) is 5.17. The van der Waals surface area contributed by atoms with Crippen LogP contribution in [0.25, 0.3) is 0 Å². The smallest absolute Gasteiger partial charge is 0.0997 e. The van der Waals surface area contributed by atoms with Gasteiger partial charge in [-0.1, -0.05) is 27.7 Å². The monoisotopic (exact) mass is 212 g/mol. The molecular weight excluding hydrogens is 192 g/mol. The van der Waals surface area contributed by atoms with Crippen molar-refractivity contribution < 1.29 is 0 Å². The average molecular weight is 212 g/mol. The van der Waals surface area contributed by atoms with Gasteiger partial charge in [-0.15, -0.1) is 11.3 Å². The fourth-order valence-corrected chi connectivity index (χ4v) is 2.20. The lowest BCUT2D eigenvalue weighted by molar-refractivity contribution is 0.531. The van der Waals surface area contributed by atoms with Gasteiger partial charge in [0.15, 0.2) is 0 Å². The molecule has 0 amide bonds. The first-order chi connectivity index (χ1) is 6.51. The second-order valence-electron chi connectivity index (χ2n) is 4.47. The molecule has 0 aliphatic carbocycles. The van der Waals surface area contributed by atoms with Crippen molar-refractivity contribution in [3.63, 3.8) is 0 Å². The molecule has 1 heterocycles. The molecule has 2 N–H and O–H groups in total. The summed E-state index contributed by atoms with van der Waals surface area (Å²) in [4.78, 5) is 4.66. The summed E-state index contributed by atoms with van der Waals surface area (Å²) in [6.45, 7) is 9.35. The van der Waals surface area contributed by atoms with Crippen LogP contribution in [0.3, 0.4) is 0 Å². The Morgan fingerprint density at radius 2 is 2.21 bits per heavy atom. The predicted octanol–water partition coefficient (Wildman–Crippen LogP) is 2.89. The molecule has 2 nitrogen and oxygen atoms in total. The zero-order valence-electron chi connectivity index (χ0n) is 9.50. The highest BCUT2D eigenvalue weighted by atomic mass is 32.1. The van der Waals surface area contributed by atoms with Crippen molar-refractivity contribution in [3.05, 3.63) is 16.1 Å². The molecule has 1 atom stereocenters. The quantitative estimate of drug-likeness (QED) is 0.833. The number of nitrogens with zero attached hydrogens (tertiary/aromatic N) is 1. The van der Waals surface area contributed by atoms with Crippen molar-refractivity contribution >= 4 is 11.3 Å². The van der Waals surface area contributed by atoms with Crippen LogP contribution in [0.1, 0.15) is 50.7 Å². The molecule has 0 aliphatic heterocycles. The van der Waals surface area contributed by atoms with Crippen molar-refractivity contribution in [2.45, 2.75) is 45.4 Å². The minimum absolute atomic E-state index is 0.0242. The second kappa shape index (κ2) is 4.41. The van der Waals surface area contributed by atoms with Gasteiger partial charge in [0.05, 0.1) is 10.7 Å². The van der Waals surface area contributed by atoms with Gasteiger partial charge in [-0.25, -0.2) is 4.98 Å². The molecule has 1 unspecified atom stereocenters. The summed E-state index contributed by atoms with van der Waals surface area (Å²) in [5.41, 5.74) is 6.96. The van der Waals surface area contributed by atoms with Gasteiger partial charge in [-0.2, -0.15) is 0 Å². The summed E-state index contributed by atoms with van der Waals surface area (Å²) in [7, 11) is 0. The standard InChI is InChI=1S/C11H20N2S/c1-5-8(2)9-6-14-10(13-9)11(3,4)7-12/h6,8H,5,7,12H2,1-4H3. The number of aromatic nitrogens is 1. The minimum atomic E-state index is 0.0242. The lowest BCUT2D eigenvalue weighted by Crippen LogP contribution is -2.27. The van der Waals surface area contributed by atoms with Crippen LogP contribution in [0.5, 0.6) is 0 Å². The van der Waals surface area contributed by atoms with Gasteiger partial charge >= 0.3 is 0 Å². The van der Waals surface area contributed by atoms with Gasteiger partial charge in [0.2, 0.25) is 0 Å². The van der Waals surface area contributed by atoms with Gasteiger partial charge in [0.1, 0.15) is 0 Å². The summed E-state index contributed by atoms with van der Waals surface area (Å²) >= 11 is 1.73. The maximum Gasteiger partial charge on any atom is 0.0997 e. The van der Waals surface area contributed by atoms with E-state index in [2.05, 4.69) is 38.1 Å². The third kappa shape index (κ3) is 2.34. The SMILES string of the molecule is CCC(C)c1csc(C(C)(C)CN)n1.